The Balaban J connectivity index is 2.13. The fourth-order valence-corrected chi connectivity index (χ4v) is 2.56. The second-order valence-corrected chi connectivity index (χ2v) is 4.18. The molecule has 0 aromatic rings. The number of ether oxygens (including phenoxy) is 1. The van der Waals surface area contributed by atoms with E-state index in [9.17, 15) is 13.2 Å². The molecule has 2 heterocycles. The minimum absolute atomic E-state index is 0.183. The van der Waals surface area contributed by atoms with Crippen LogP contribution < -0.4 is 5.32 Å². The Morgan fingerprint density at radius 3 is 2.13 bits per heavy atom. The molecule has 88 valence electrons. The van der Waals surface area contributed by atoms with Gasteiger partial charge in [0.15, 0.2) is 0 Å². The number of rotatable bonds is 1. The largest absolute Gasteiger partial charge is 0.460 e. The van der Waals surface area contributed by atoms with Crippen molar-refractivity contribution in [2.75, 3.05) is 20.3 Å². The lowest BCUT2D eigenvalue weighted by Gasteiger charge is -2.48. The number of hydrogen-bond acceptors (Lipinski definition) is 3. The summed E-state index contributed by atoms with van der Waals surface area (Å²) in [6, 6.07) is -0.854. The third-order valence-electron chi connectivity index (χ3n) is 3.22. The maximum absolute atomic E-state index is 12.7. The van der Waals surface area contributed by atoms with Crippen molar-refractivity contribution in [3.8, 4) is 0 Å². The van der Waals surface area contributed by atoms with Gasteiger partial charge in [0, 0.05) is 18.1 Å². The Bertz CT molecular complexity index is 220. The zero-order valence-corrected chi connectivity index (χ0v) is 8.55. The Kier molecular flexibility index (Phi) is 2.92. The molecule has 2 saturated heterocycles. The monoisotopic (exact) mass is 224 g/mol. The van der Waals surface area contributed by atoms with Crippen molar-refractivity contribution in [1.82, 2.24) is 10.2 Å². The molecule has 2 rings (SSSR count). The lowest BCUT2D eigenvalue weighted by molar-refractivity contribution is -0.301. The van der Waals surface area contributed by atoms with E-state index in [0.29, 0.717) is 17.7 Å². The molecule has 2 aliphatic rings. The number of hydrogen-bond donors (Lipinski definition) is 1. The second-order valence-electron chi connectivity index (χ2n) is 4.18. The lowest BCUT2D eigenvalue weighted by atomic mass is 9.90. The van der Waals surface area contributed by atoms with Gasteiger partial charge in [0.05, 0.1) is 13.2 Å². The third-order valence-corrected chi connectivity index (χ3v) is 3.22. The molecule has 2 fully saturated rings. The number of nitrogens with one attached hydrogen (secondary N) is 1. The first-order chi connectivity index (χ1) is 7.02. The van der Waals surface area contributed by atoms with E-state index in [-0.39, 0.29) is 19.3 Å². The van der Waals surface area contributed by atoms with E-state index in [1.807, 2.05) is 0 Å². The Morgan fingerprint density at radius 1 is 1.20 bits per heavy atom. The zero-order valence-electron chi connectivity index (χ0n) is 8.55. The van der Waals surface area contributed by atoms with Crippen LogP contribution in [0, 0.1) is 0 Å². The molecule has 15 heavy (non-hydrogen) atoms. The van der Waals surface area contributed by atoms with Crippen LogP contribution >= 0.6 is 0 Å². The highest BCUT2D eigenvalue weighted by molar-refractivity contribution is 4.94. The summed E-state index contributed by atoms with van der Waals surface area (Å²) in [6.07, 6.45) is -3.21. The molecule has 0 spiro atoms. The van der Waals surface area contributed by atoms with Gasteiger partial charge in [-0.05, 0) is 19.9 Å². The van der Waals surface area contributed by atoms with Gasteiger partial charge in [0.1, 0.15) is 0 Å². The summed E-state index contributed by atoms with van der Waals surface area (Å²) in [5.74, 6) is 0. The van der Waals surface area contributed by atoms with Crippen molar-refractivity contribution < 1.29 is 17.9 Å². The van der Waals surface area contributed by atoms with Gasteiger partial charge >= 0.3 is 6.30 Å². The number of halogens is 3. The van der Waals surface area contributed by atoms with Crippen molar-refractivity contribution >= 4 is 0 Å². The summed E-state index contributed by atoms with van der Waals surface area (Å²) in [5, 5.41) is 3.05. The van der Waals surface area contributed by atoms with E-state index in [4.69, 9.17) is 4.74 Å². The number of nitrogens with zero attached hydrogens (tertiary/aromatic N) is 1. The highest BCUT2D eigenvalue weighted by Crippen LogP contribution is 2.36. The van der Waals surface area contributed by atoms with Crippen LogP contribution in [0.5, 0.6) is 0 Å². The van der Waals surface area contributed by atoms with Crippen molar-refractivity contribution in [3.63, 3.8) is 0 Å². The molecular formula is C9H15F3N2O. The summed E-state index contributed by atoms with van der Waals surface area (Å²) >= 11 is 0. The van der Waals surface area contributed by atoms with Crippen LogP contribution in [-0.4, -0.2) is 49.6 Å². The minimum atomic E-state index is -4.22. The molecular weight excluding hydrogens is 209 g/mol. The van der Waals surface area contributed by atoms with Crippen molar-refractivity contribution in [2.45, 2.75) is 37.3 Å². The Morgan fingerprint density at radius 2 is 1.73 bits per heavy atom. The first kappa shape index (κ1) is 11.2. The predicted molar refractivity (Wildman–Crippen MR) is 48.4 cm³/mol. The van der Waals surface area contributed by atoms with E-state index >= 15 is 0 Å². The van der Waals surface area contributed by atoms with Gasteiger partial charge in [0.2, 0.25) is 0 Å². The number of piperidine rings is 1. The van der Waals surface area contributed by atoms with Crippen molar-refractivity contribution in [2.24, 2.45) is 0 Å². The summed E-state index contributed by atoms with van der Waals surface area (Å²) in [6.45, 7) is 0.377. The van der Waals surface area contributed by atoms with Gasteiger partial charge < -0.3 is 10.1 Å². The molecule has 6 heteroatoms. The molecule has 2 unspecified atom stereocenters. The van der Waals surface area contributed by atoms with E-state index in [1.54, 1.807) is 7.05 Å². The Labute approximate surface area is 86.6 Å². The highest BCUT2D eigenvalue weighted by atomic mass is 19.4. The summed E-state index contributed by atoms with van der Waals surface area (Å²) in [4.78, 5) is 0.671. The van der Waals surface area contributed by atoms with Gasteiger partial charge in [0.25, 0.3) is 0 Å². The number of fused-ring (bicyclic) bond motifs is 2. The smallest absolute Gasteiger partial charge is 0.378 e. The van der Waals surface area contributed by atoms with Gasteiger partial charge in [-0.2, -0.15) is 13.2 Å². The van der Waals surface area contributed by atoms with Crippen molar-refractivity contribution in [1.29, 1.82) is 0 Å². The molecule has 0 aliphatic carbocycles. The van der Waals surface area contributed by atoms with Crippen LogP contribution in [0.3, 0.4) is 0 Å². The third kappa shape index (κ3) is 2.11. The molecule has 0 radical (unpaired) electrons. The maximum Gasteiger partial charge on any atom is 0.460 e. The maximum atomic E-state index is 12.7. The average Bonchev–Trinajstić information content (AvgIpc) is 2.14. The van der Waals surface area contributed by atoms with E-state index in [2.05, 4.69) is 5.32 Å². The average molecular weight is 224 g/mol. The van der Waals surface area contributed by atoms with Crippen LogP contribution in [0.1, 0.15) is 12.8 Å². The molecule has 0 amide bonds. The van der Waals surface area contributed by atoms with Gasteiger partial charge in [-0.3, -0.25) is 0 Å². The second kappa shape index (κ2) is 3.92. The molecule has 1 N–H and O–H groups in total. The van der Waals surface area contributed by atoms with Crippen molar-refractivity contribution in [3.05, 3.63) is 0 Å². The fraction of sp³-hybridized carbons (Fsp3) is 1.00. The molecule has 0 aromatic heterocycles. The standard InChI is InChI=1S/C9H15F3N2O/c1-13-6-2-7-4-15-5-8(3-6)14(7)9(10,11)12/h6-8,13H,2-5H2,1H3. The van der Waals surface area contributed by atoms with Crippen LogP contribution in [0.2, 0.25) is 0 Å². The van der Waals surface area contributed by atoms with Gasteiger partial charge in [-0.15, -0.1) is 0 Å². The highest BCUT2D eigenvalue weighted by Gasteiger charge is 2.51. The molecule has 2 aliphatic heterocycles. The lowest BCUT2D eigenvalue weighted by Crippen LogP contribution is -2.64. The van der Waals surface area contributed by atoms with Gasteiger partial charge in [-0.1, -0.05) is 0 Å². The van der Waals surface area contributed by atoms with E-state index in [1.165, 1.54) is 0 Å². The molecule has 3 nitrogen and oxygen atoms in total. The van der Waals surface area contributed by atoms with Gasteiger partial charge in [-0.25, -0.2) is 4.90 Å². The van der Waals surface area contributed by atoms with Crippen LogP contribution in [0.4, 0.5) is 13.2 Å². The quantitative estimate of drug-likeness (QED) is 0.671. The Hall–Kier alpha value is -0.330. The normalized spacial score (nSPS) is 38.0. The predicted octanol–water partition coefficient (Wildman–Crippen LogP) is 0.957. The SMILES string of the molecule is CNC1CC2COCC(C1)N2C(F)(F)F. The first-order valence-corrected chi connectivity index (χ1v) is 5.12. The van der Waals surface area contributed by atoms with Crippen LogP contribution in [0.25, 0.3) is 0 Å². The molecule has 2 bridgehead atoms. The van der Waals surface area contributed by atoms with Crippen LogP contribution in [0.15, 0.2) is 0 Å². The molecule has 0 saturated carbocycles. The zero-order chi connectivity index (χ0) is 11.1. The molecule has 2 atom stereocenters. The van der Waals surface area contributed by atoms with E-state index in [0.717, 1.165) is 0 Å². The minimum Gasteiger partial charge on any atom is -0.378 e. The first-order valence-electron chi connectivity index (χ1n) is 5.12. The van der Waals surface area contributed by atoms with E-state index < -0.39 is 18.4 Å². The number of alkyl halides is 3. The summed E-state index contributed by atoms with van der Waals surface area (Å²) in [7, 11) is 1.80. The fourth-order valence-electron chi connectivity index (χ4n) is 2.56. The topological polar surface area (TPSA) is 24.5 Å². The summed E-state index contributed by atoms with van der Waals surface area (Å²) in [5.41, 5.74) is 0. The number of morpholine rings is 1. The molecule has 0 aromatic carbocycles. The summed E-state index contributed by atoms with van der Waals surface area (Å²) < 4.78 is 43.4. The van der Waals surface area contributed by atoms with Crippen LogP contribution in [-0.2, 0) is 4.74 Å².